The van der Waals surface area contributed by atoms with Gasteiger partial charge >= 0.3 is 0 Å². The Bertz CT molecular complexity index is 755. The molecule has 0 aromatic heterocycles. The molecule has 0 spiro atoms. The topological polar surface area (TPSA) is 58.2 Å². The molecule has 0 aliphatic heterocycles. The van der Waals surface area contributed by atoms with Crippen LogP contribution in [0.4, 0.5) is 11.4 Å². The lowest BCUT2D eigenvalue weighted by molar-refractivity contribution is -0.119. The van der Waals surface area contributed by atoms with Gasteiger partial charge in [0.25, 0.3) is 0 Å². The van der Waals surface area contributed by atoms with Crippen molar-refractivity contribution < 1.29 is 9.59 Å². The van der Waals surface area contributed by atoms with Gasteiger partial charge in [0.2, 0.25) is 11.8 Å². The van der Waals surface area contributed by atoms with Gasteiger partial charge in [0.05, 0.1) is 5.75 Å². The summed E-state index contributed by atoms with van der Waals surface area (Å²) < 4.78 is 0. The molecule has 25 heavy (non-hydrogen) atoms. The molecule has 0 aliphatic rings. The molecule has 0 heterocycles. The molecule has 132 valence electrons. The number of aryl methyl sites for hydroxylation is 2. The lowest BCUT2D eigenvalue weighted by Gasteiger charge is -2.10. The van der Waals surface area contributed by atoms with E-state index in [1.165, 1.54) is 22.9 Å². The first-order valence-corrected chi connectivity index (χ1v) is 9.24. The summed E-state index contributed by atoms with van der Waals surface area (Å²) in [5.41, 5.74) is 3.80. The maximum Gasteiger partial charge on any atom is 0.234 e. The first-order valence-electron chi connectivity index (χ1n) is 8.26. The fourth-order valence-corrected chi connectivity index (χ4v) is 3.05. The monoisotopic (exact) mass is 356 g/mol. The van der Waals surface area contributed by atoms with Crippen LogP contribution in [0.25, 0.3) is 0 Å². The van der Waals surface area contributed by atoms with Gasteiger partial charge in [0.1, 0.15) is 0 Å². The van der Waals surface area contributed by atoms with Crippen LogP contribution in [0.5, 0.6) is 0 Å². The van der Waals surface area contributed by atoms with Crippen molar-refractivity contribution >= 4 is 35.0 Å². The molecule has 0 fully saturated rings. The summed E-state index contributed by atoms with van der Waals surface area (Å²) in [6.07, 6.45) is 0. The van der Waals surface area contributed by atoms with Crippen molar-refractivity contribution in [3.63, 3.8) is 0 Å². The molecule has 0 radical (unpaired) electrons. The molecule has 0 unspecified atom stereocenters. The predicted octanol–water partition coefficient (Wildman–Crippen LogP) is 4.63. The largest absolute Gasteiger partial charge is 0.326 e. The minimum Gasteiger partial charge on any atom is -0.326 e. The zero-order chi connectivity index (χ0) is 18.4. The fourth-order valence-electron chi connectivity index (χ4n) is 2.13. The lowest BCUT2D eigenvalue weighted by Crippen LogP contribution is -2.18. The number of carbonyl (C=O) groups is 2. The van der Waals surface area contributed by atoms with E-state index in [0.717, 1.165) is 10.6 Å². The molecule has 2 aromatic carbocycles. The van der Waals surface area contributed by atoms with Gasteiger partial charge in [-0.15, -0.1) is 11.8 Å². The Labute approximate surface area is 153 Å². The summed E-state index contributed by atoms with van der Waals surface area (Å²) in [6, 6.07) is 13.4. The van der Waals surface area contributed by atoms with Crippen molar-refractivity contribution in [2.75, 3.05) is 16.4 Å². The molecule has 2 aromatic rings. The molecule has 2 rings (SSSR count). The van der Waals surface area contributed by atoms with Crippen LogP contribution in [-0.2, 0) is 9.59 Å². The van der Waals surface area contributed by atoms with Gasteiger partial charge in [-0.05, 0) is 49.7 Å². The summed E-state index contributed by atoms with van der Waals surface area (Å²) >= 11 is 1.53. The predicted molar refractivity (Wildman–Crippen MR) is 105 cm³/mol. The number of carbonyl (C=O) groups excluding carboxylic acids is 2. The lowest BCUT2D eigenvalue weighted by atomic mass is 10.2. The third kappa shape index (κ3) is 5.94. The zero-order valence-corrected chi connectivity index (χ0v) is 15.9. The van der Waals surface area contributed by atoms with E-state index < -0.39 is 0 Å². The Hall–Kier alpha value is -2.27. The van der Waals surface area contributed by atoms with E-state index >= 15 is 0 Å². The van der Waals surface area contributed by atoms with Crippen LogP contribution in [0.15, 0.2) is 47.4 Å². The van der Waals surface area contributed by atoms with Crippen LogP contribution in [-0.4, -0.2) is 17.6 Å². The van der Waals surface area contributed by atoms with Crippen molar-refractivity contribution in [1.29, 1.82) is 0 Å². The molecule has 0 atom stereocenters. The van der Waals surface area contributed by atoms with Crippen LogP contribution in [0.3, 0.4) is 0 Å². The number of nitrogens with one attached hydrogen (secondary N) is 2. The second-order valence-corrected chi connectivity index (χ2v) is 7.34. The van der Waals surface area contributed by atoms with Crippen molar-refractivity contribution in [2.45, 2.75) is 32.6 Å². The Kier molecular flexibility index (Phi) is 6.65. The summed E-state index contributed by atoms with van der Waals surface area (Å²) in [6.45, 7) is 7.78. The van der Waals surface area contributed by atoms with Crippen molar-refractivity contribution in [3.05, 3.63) is 53.6 Å². The van der Waals surface area contributed by atoms with Crippen LogP contribution < -0.4 is 10.6 Å². The highest BCUT2D eigenvalue weighted by molar-refractivity contribution is 8.00. The maximum absolute atomic E-state index is 12.1. The summed E-state index contributed by atoms with van der Waals surface area (Å²) in [7, 11) is 0. The Balaban J connectivity index is 1.88. The van der Waals surface area contributed by atoms with Gasteiger partial charge in [-0.1, -0.05) is 31.5 Å². The third-order valence-corrected chi connectivity index (χ3v) is 4.82. The normalized spacial score (nSPS) is 10.6. The fraction of sp³-hybridized carbons (Fsp3) is 0.300. The molecule has 4 nitrogen and oxygen atoms in total. The Morgan fingerprint density at radius 2 is 1.56 bits per heavy atom. The van der Waals surface area contributed by atoms with E-state index in [1.807, 2.05) is 27.7 Å². The Morgan fingerprint density at radius 3 is 2.16 bits per heavy atom. The molecule has 0 aliphatic carbocycles. The van der Waals surface area contributed by atoms with Gasteiger partial charge in [0.15, 0.2) is 0 Å². The molecule has 5 heteroatoms. The van der Waals surface area contributed by atoms with Gasteiger partial charge in [-0.2, -0.15) is 0 Å². The molecule has 0 bridgehead atoms. The van der Waals surface area contributed by atoms with Gasteiger partial charge in [-0.25, -0.2) is 0 Å². The van der Waals surface area contributed by atoms with Crippen LogP contribution >= 0.6 is 11.8 Å². The van der Waals surface area contributed by atoms with Crippen LogP contribution in [0, 0.1) is 19.8 Å². The van der Waals surface area contributed by atoms with E-state index in [0.29, 0.717) is 11.4 Å². The highest BCUT2D eigenvalue weighted by Crippen LogP contribution is 2.24. The standard InChI is InChI=1S/C20H24N2O2S/c1-13(2)20(24)22-17-9-7-16(8-10-17)21-19(23)12-25-18-11-14(3)5-6-15(18)4/h5-11,13H,12H2,1-4H3,(H,21,23)(H,22,24). The average molecular weight is 356 g/mol. The maximum atomic E-state index is 12.1. The molecular weight excluding hydrogens is 332 g/mol. The third-order valence-electron chi connectivity index (χ3n) is 3.66. The molecule has 0 saturated heterocycles. The van der Waals surface area contributed by atoms with Crippen molar-refractivity contribution in [2.24, 2.45) is 5.92 Å². The number of benzene rings is 2. The first-order chi connectivity index (χ1) is 11.8. The van der Waals surface area contributed by atoms with Gasteiger partial charge in [-0.3, -0.25) is 9.59 Å². The summed E-state index contributed by atoms with van der Waals surface area (Å²) in [5, 5.41) is 5.70. The van der Waals surface area contributed by atoms with Crippen LogP contribution in [0.1, 0.15) is 25.0 Å². The summed E-state index contributed by atoms with van der Waals surface area (Å²) in [4.78, 5) is 24.9. The van der Waals surface area contributed by atoms with E-state index in [9.17, 15) is 9.59 Å². The van der Waals surface area contributed by atoms with Crippen LogP contribution in [0.2, 0.25) is 0 Å². The number of thioether (sulfide) groups is 1. The minimum atomic E-state index is -0.0681. The minimum absolute atomic E-state index is 0.0262. The zero-order valence-electron chi connectivity index (χ0n) is 15.1. The number of hydrogen-bond donors (Lipinski definition) is 2. The number of hydrogen-bond acceptors (Lipinski definition) is 3. The molecule has 2 N–H and O–H groups in total. The van der Waals surface area contributed by atoms with Gasteiger partial charge < -0.3 is 10.6 Å². The quantitative estimate of drug-likeness (QED) is 0.742. The molecule has 0 saturated carbocycles. The highest BCUT2D eigenvalue weighted by Gasteiger charge is 2.08. The second-order valence-electron chi connectivity index (χ2n) is 6.33. The number of rotatable bonds is 6. The molecule has 2 amide bonds. The number of anilines is 2. The average Bonchev–Trinajstić information content (AvgIpc) is 2.57. The number of amides is 2. The smallest absolute Gasteiger partial charge is 0.234 e. The van der Waals surface area contributed by atoms with E-state index in [4.69, 9.17) is 0 Å². The van der Waals surface area contributed by atoms with Crippen molar-refractivity contribution in [3.8, 4) is 0 Å². The summed E-state index contributed by atoms with van der Waals surface area (Å²) in [5.74, 6) is 0.212. The second kappa shape index (κ2) is 8.72. The van der Waals surface area contributed by atoms with Gasteiger partial charge in [0, 0.05) is 22.2 Å². The van der Waals surface area contributed by atoms with E-state index in [2.05, 4.69) is 28.8 Å². The van der Waals surface area contributed by atoms with E-state index in [1.54, 1.807) is 24.3 Å². The SMILES string of the molecule is Cc1ccc(C)c(SCC(=O)Nc2ccc(NC(=O)C(C)C)cc2)c1. The van der Waals surface area contributed by atoms with E-state index in [-0.39, 0.29) is 17.7 Å². The Morgan fingerprint density at radius 1 is 0.960 bits per heavy atom. The molecular formula is C20H24N2O2S. The first kappa shape index (κ1) is 19.1. The highest BCUT2D eigenvalue weighted by atomic mass is 32.2. The van der Waals surface area contributed by atoms with Crippen molar-refractivity contribution in [1.82, 2.24) is 0 Å².